The third-order valence-corrected chi connectivity index (χ3v) is 0.525. The average Bonchev–Trinajstić information content (AvgIpc) is 1.91. The molecule has 0 unspecified atom stereocenters. The van der Waals surface area contributed by atoms with Crippen molar-refractivity contribution in [2.75, 3.05) is 14.2 Å². The first-order valence-electron chi connectivity index (χ1n) is 2.72. The van der Waals surface area contributed by atoms with Crippen molar-refractivity contribution in [3.8, 4) is 0 Å². The van der Waals surface area contributed by atoms with Gasteiger partial charge in [0.25, 0.3) is 0 Å². The van der Waals surface area contributed by atoms with Crippen molar-refractivity contribution < 1.29 is 4.74 Å². The van der Waals surface area contributed by atoms with E-state index in [0.29, 0.717) is 5.88 Å². The van der Waals surface area contributed by atoms with Crippen LogP contribution in [0.4, 0.5) is 0 Å². The molecule has 0 aromatic carbocycles. The summed E-state index contributed by atoms with van der Waals surface area (Å²) in [7, 11) is 3.32. The lowest BCUT2D eigenvalue weighted by Crippen LogP contribution is -2.04. The summed E-state index contributed by atoms with van der Waals surface area (Å²) < 4.78 is 4.59. The minimum absolute atomic E-state index is 0.593. The molecule has 0 radical (unpaired) electrons. The molecule has 0 heterocycles. The molecule has 0 fully saturated rings. The van der Waals surface area contributed by atoms with Gasteiger partial charge in [0.1, 0.15) is 0 Å². The summed E-state index contributed by atoms with van der Waals surface area (Å²) in [5.41, 5.74) is 0. The van der Waals surface area contributed by atoms with Crippen LogP contribution in [-0.2, 0) is 4.74 Å². The van der Waals surface area contributed by atoms with Crippen molar-refractivity contribution in [1.29, 1.82) is 0 Å². The van der Waals surface area contributed by atoms with Gasteiger partial charge in [0.2, 0.25) is 0 Å². The van der Waals surface area contributed by atoms with Crippen LogP contribution in [0.2, 0.25) is 0 Å². The molecule has 8 heavy (non-hydrogen) atoms. The van der Waals surface area contributed by atoms with Gasteiger partial charge in [-0.2, -0.15) is 0 Å². The smallest absolute Gasteiger partial charge is 0.178 e. The standard InChI is InChI=1S/C4H9NO.C2H6/c1-4(5-2)6-3;1-2/h5H,1H2,2-3H3;1-2H3. The fourth-order valence-electron chi connectivity index (χ4n) is 0.102. The lowest BCUT2D eigenvalue weighted by molar-refractivity contribution is 0.270. The Bertz CT molecular complexity index is 46.5. The molecule has 0 aliphatic heterocycles. The number of ether oxygens (including phenoxy) is 1. The molecule has 0 aromatic rings. The van der Waals surface area contributed by atoms with Crippen LogP contribution < -0.4 is 5.32 Å². The van der Waals surface area contributed by atoms with Crippen molar-refractivity contribution >= 4 is 0 Å². The summed E-state index contributed by atoms with van der Waals surface area (Å²) >= 11 is 0. The normalized spacial score (nSPS) is 6.00. The molecule has 0 spiro atoms. The molecule has 2 heteroatoms. The maximum Gasteiger partial charge on any atom is 0.178 e. The molecule has 0 bridgehead atoms. The van der Waals surface area contributed by atoms with Crippen LogP contribution in [-0.4, -0.2) is 14.2 Å². The monoisotopic (exact) mass is 117 g/mol. The Kier molecular flexibility index (Phi) is 12.4. The molecular formula is C6H15NO. The Hall–Kier alpha value is -0.660. The molecule has 0 amide bonds. The van der Waals surface area contributed by atoms with Gasteiger partial charge in [-0.1, -0.05) is 13.8 Å². The number of methoxy groups -OCH3 is 1. The third-order valence-electron chi connectivity index (χ3n) is 0.525. The maximum absolute atomic E-state index is 4.59. The summed E-state index contributed by atoms with van der Waals surface area (Å²) in [6, 6.07) is 0. The summed E-state index contributed by atoms with van der Waals surface area (Å²) in [5.74, 6) is 0.593. The van der Waals surface area contributed by atoms with Gasteiger partial charge in [0.15, 0.2) is 5.88 Å². The summed E-state index contributed by atoms with van der Waals surface area (Å²) in [6.45, 7) is 7.46. The van der Waals surface area contributed by atoms with E-state index < -0.39 is 0 Å². The second-order valence-electron chi connectivity index (χ2n) is 0.877. The lowest BCUT2D eigenvalue weighted by atomic mass is 10.9. The quantitative estimate of drug-likeness (QED) is 0.551. The van der Waals surface area contributed by atoms with Gasteiger partial charge in [-0.3, -0.25) is 0 Å². The molecule has 50 valence electrons. The zero-order valence-electron chi connectivity index (χ0n) is 6.12. The lowest BCUT2D eigenvalue weighted by Gasteiger charge is -1.97. The minimum atomic E-state index is 0.593. The summed E-state index contributed by atoms with van der Waals surface area (Å²) in [4.78, 5) is 0. The van der Waals surface area contributed by atoms with Crippen molar-refractivity contribution in [2.45, 2.75) is 13.8 Å². The zero-order chi connectivity index (χ0) is 6.99. The van der Waals surface area contributed by atoms with Crippen molar-refractivity contribution in [1.82, 2.24) is 5.32 Å². The van der Waals surface area contributed by atoms with Crippen LogP contribution in [0.3, 0.4) is 0 Å². The van der Waals surface area contributed by atoms with Gasteiger partial charge in [0, 0.05) is 7.05 Å². The van der Waals surface area contributed by atoms with E-state index in [0.717, 1.165) is 0 Å². The fourth-order valence-corrected chi connectivity index (χ4v) is 0.102. The van der Waals surface area contributed by atoms with Gasteiger partial charge in [-0.05, 0) is 6.58 Å². The number of hydrogen-bond donors (Lipinski definition) is 1. The van der Waals surface area contributed by atoms with E-state index in [-0.39, 0.29) is 0 Å². The van der Waals surface area contributed by atoms with Crippen molar-refractivity contribution in [2.24, 2.45) is 0 Å². The van der Waals surface area contributed by atoms with E-state index in [2.05, 4.69) is 16.6 Å². The van der Waals surface area contributed by atoms with Crippen LogP contribution >= 0.6 is 0 Å². The highest BCUT2D eigenvalue weighted by atomic mass is 16.5. The van der Waals surface area contributed by atoms with Gasteiger partial charge < -0.3 is 10.1 Å². The highest BCUT2D eigenvalue weighted by Gasteiger charge is 1.74. The second kappa shape index (κ2) is 9.60. The molecule has 0 aliphatic carbocycles. The number of rotatable bonds is 2. The molecule has 1 N–H and O–H groups in total. The predicted molar refractivity (Wildman–Crippen MR) is 36.6 cm³/mol. The number of nitrogens with one attached hydrogen (secondary N) is 1. The molecule has 0 saturated heterocycles. The van der Waals surface area contributed by atoms with Crippen molar-refractivity contribution in [3.05, 3.63) is 12.5 Å². The average molecular weight is 117 g/mol. The van der Waals surface area contributed by atoms with E-state index in [9.17, 15) is 0 Å². The molecule has 0 aromatic heterocycles. The zero-order valence-corrected chi connectivity index (χ0v) is 6.12. The third kappa shape index (κ3) is 9.02. The first-order chi connectivity index (χ1) is 3.81. The maximum atomic E-state index is 4.59. The van der Waals surface area contributed by atoms with E-state index in [4.69, 9.17) is 0 Å². The van der Waals surface area contributed by atoms with Crippen LogP contribution in [0.5, 0.6) is 0 Å². The van der Waals surface area contributed by atoms with Gasteiger partial charge >= 0.3 is 0 Å². The predicted octanol–water partition coefficient (Wildman–Crippen LogP) is 1.35. The van der Waals surface area contributed by atoms with Gasteiger partial charge in [-0.25, -0.2) is 0 Å². The molecule has 2 nitrogen and oxygen atoms in total. The highest BCUT2D eigenvalue weighted by molar-refractivity contribution is 4.73. The van der Waals surface area contributed by atoms with Crippen molar-refractivity contribution in [3.63, 3.8) is 0 Å². The Morgan fingerprint density at radius 2 is 1.88 bits per heavy atom. The SMILES string of the molecule is C=C(NC)OC.CC. The topological polar surface area (TPSA) is 21.3 Å². The Morgan fingerprint density at radius 1 is 1.50 bits per heavy atom. The highest BCUT2D eigenvalue weighted by Crippen LogP contribution is 1.75. The van der Waals surface area contributed by atoms with Crippen LogP contribution in [0.25, 0.3) is 0 Å². The van der Waals surface area contributed by atoms with E-state index in [1.54, 1.807) is 14.2 Å². The largest absolute Gasteiger partial charge is 0.483 e. The van der Waals surface area contributed by atoms with E-state index >= 15 is 0 Å². The van der Waals surface area contributed by atoms with Crippen LogP contribution in [0, 0.1) is 0 Å². The minimum Gasteiger partial charge on any atom is -0.483 e. The van der Waals surface area contributed by atoms with Gasteiger partial charge in [-0.15, -0.1) is 0 Å². The van der Waals surface area contributed by atoms with Gasteiger partial charge in [0.05, 0.1) is 7.11 Å². The van der Waals surface area contributed by atoms with E-state index in [1.807, 2.05) is 13.8 Å². The summed E-state index contributed by atoms with van der Waals surface area (Å²) in [5, 5.41) is 2.70. The first-order valence-corrected chi connectivity index (χ1v) is 2.72. The second-order valence-corrected chi connectivity index (χ2v) is 0.877. The summed E-state index contributed by atoms with van der Waals surface area (Å²) in [6.07, 6.45) is 0. The number of hydrogen-bond acceptors (Lipinski definition) is 2. The van der Waals surface area contributed by atoms with Crippen LogP contribution in [0.15, 0.2) is 12.5 Å². The Balaban J connectivity index is 0. The molecule has 0 rings (SSSR count). The fraction of sp³-hybridized carbons (Fsp3) is 0.667. The van der Waals surface area contributed by atoms with E-state index in [1.165, 1.54) is 0 Å². The molecule has 0 aliphatic rings. The van der Waals surface area contributed by atoms with Crippen LogP contribution in [0.1, 0.15) is 13.8 Å². The molecular weight excluding hydrogens is 102 g/mol. The first kappa shape index (κ1) is 10.3. The molecule has 0 saturated carbocycles. The molecule has 0 atom stereocenters. The Labute approximate surface area is 51.5 Å². The Morgan fingerprint density at radius 3 is 1.88 bits per heavy atom.